The quantitative estimate of drug-likeness (QED) is 0.833. The molecule has 0 spiro atoms. The smallest absolute Gasteiger partial charge is 0.254 e. The summed E-state index contributed by atoms with van der Waals surface area (Å²) in [6, 6.07) is 4.24. The van der Waals surface area contributed by atoms with Crippen molar-refractivity contribution in [3.8, 4) is 11.5 Å². The Morgan fingerprint density at radius 3 is 2.74 bits per heavy atom. The third-order valence-electron chi connectivity index (χ3n) is 5.26. The van der Waals surface area contributed by atoms with E-state index in [4.69, 9.17) is 21.1 Å². The molecule has 2 saturated heterocycles. The van der Waals surface area contributed by atoms with Gasteiger partial charge in [0.25, 0.3) is 5.91 Å². The maximum Gasteiger partial charge on any atom is 0.254 e. The minimum atomic E-state index is 0.0491. The van der Waals surface area contributed by atoms with Crippen LogP contribution in [0.4, 0.5) is 0 Å². The van der Waals surface area contributed by atoms with Gasteiger partial charge in [-0.15, -0.1) is 0 Å². The van der Waals surface area contributed by atoms with Gasteiger partial charge >= 0.3 is 0 Å². The fourth-order valence-electron chi connectivity index (χ4n) is 4.12. The average molecular weight is 337 g/mol. The van der Waals surface area contributed by atoms with Gasteiger partial charge in [-0.3, -0.25) is 4.79 Å². The van der Waals surface area contributed by atoms with Gasteiger partial charge in [-0.25, -0.2) is 0 Å². The fourth-order valence-corrected chi connectivity index (χ4v) is 4.39. The number of hydrogen-bond acceptors (Lipinski definition) is 4. The van der Waals surface area contributed by atoms with Crippen LogP contribution >= 0.6 is 11.6 Å². The molecule has 0 radical (unpaired) electrons. The Morgan fingerprint density at radius 2 is 1.96 bits per heavy atom. The van der Waals surface area contributed by atoms with Crippen LogP contribution in [0.25, 0.3) is 0 Å². The number of nitrogens with zero attached hydrogens (tertiary/aromatic N) is 2. The summed E-state index contributed by atoms with van der Waals surface area (Å²) in [6.45, 7) is 2.10. The van der Waals surface area contributed by atoms with E-state index < -0.39 is 0 Å². The molecule has 0 N–H and O–H groups in total. The number of hydrogen-bond donors (Lipinski definition) is 0. The first kappa shape index (κ1) is 15.1. The van der Waals surface area contributed by atoms with Crippen molar-refractivity contribution < 1.29 is 14.3 Å². The molecule has 0 aliphatic carbocycles. The first-order valence-electron chi connectivity index (χ1n) is 8.25. The van der Waals surface area contributed by atoms with Gasteiger partial charge in [-0.2, -0.15) is 0 Å². The summed E-state index contributed by atoms with van der Waals surface area (Å²) in [7, 11) is 2.16. The van der Waals surface area contributed by atoms with Crippen LogP contribution in [0.3, 0.4) is 0 Å². The van der Waals surface area contributed by atoms with E-state index in [1.54, 1.807) is 12.1 Å². The number of likely N-dealkylation sites (tertiary alicyclic amines) is 2. The van der Waals surface area contributed by atoms with E-state index in [1.807, 2.05) is 4.90 Å². The van der Waals surface area contributed by atoms with Crippen LogP contribution in [0.5, 0.6) is 11.5 Å². The lowest BCUT2D eigenvalue weighted by Gasteiger charge is -2.33. The Hall–Kier alpha value is -1.46. The number of likely N-dealkylation sites (N-methyl/N-ethyl adjacent to an activating group) is 1. The molecule has 1 aromatic carbocycles. The number of benzene rings is 1. The number of amides is 1. The summed E-state index contributed by atoms with van der Waals surface area (Å²) >= 11 is 6.23. The van der Waals surface area contributed by atoms with Crippen molar-refractivity contribution in [2.45, 2.75) is 37.8 Å². The normalized spacial score (nSPS) is 27.0. The Labute approximate surface area is 141 Å². The second-order valence-corrected chi connectivity index (χ2v) is 7.00. The molecule has 0 saturated carbocycles. The van der Waals surface area contributed by atoms with Gasteiger partial charge in [-0.1, -0.05) is 11.6 Å². The minimum absolute atomic E-state index is 0.0491. The zero-order chi connectivity index (χ0) is 16.0. The summed E-state index contributed by atoms with van der Waals surface area (Å²) in [6.07, 6.45) is 4.54. The summed E-state index contributed by atoms with van der Waals surface area (Å²) in [5.41, 5.74) is 0.590. The van der Waals surface area contributed by atoms with Crippen LogP contribution in [0.15, 0.2) is 12.1 Å². The topological polar surface area (TPSA) is 42.0 Å². The van der Waals surface area contributed by atoms with Crippen molar-refractivity contribution in [2.75, 3.05) is 26.9 Å². The van der Waals surface area contributed by atoms with E-state index in [0.717, 1.165) is 25.9 Å². The van der Waals surface area contributed by atoms with Gasteiger partial charge in [0.2, 0.25) is 6.79 Å². The van der Waals surface area contributed by atoms with Crippen molar-refractivity contribution in [1.29, 1.82) is 0 Å². The van der Waals surface area contributed by atoms with Gasteiger partial charge in [0.1, 0.15) is 0 Å². The zero-order valence-corrected chi connectivity index (χ0v) is 14.0. The Kier molecular flexibility index (Phi) is 3.85. The van der Waals surface area contributed by atoms with Crippen molar-refractivity contribution in [3.05, 3.63) is 22.7 Å². The highest BCUT2D eigenvalue weighted by Gasteiger charge is 2.39. The molecule has 0 unspecified atom stereocenters. The lowest BCUT2D eigenvalue weighted by Crippen LogP contribution is -2.47. The summed E-state index contributed by atoms with van der Waals surface area (Å²) in [4.78, 5) is 17.4. The van der Waals surface area contributed by atoms with Crippen LogP contribution in [-0.2, 0) is 0 Å². The number of carbonyl (C=O) groups is 1. The molecule has 6 heteroatoms. The van der Waals surface area contributed by atoms with Crippen molar-refractivity contribution in [1.82, 2.24) is 9.80 Å². The van der Waals surface area contributed by atoms with E-state index >= 15 is 0 Å². The molecule has 3 aliphatic rings. The molecule has 3 heterocycles. The standard InChI is InChI=1S/C17H21ClN2O3/c1-19-6-2-4-13(19)14-5-3-7-20(14)17(21)11-8-12(18)16-15(9-11)22-10-23-16/h8-9,13-14H,2-7,10H2,1H3/t13-,14+/m0/s1. The molecule has 1 aromatic rings. The highest BCUT2D eigenvalue weighted by Crippen LogP contribution is 2.40. The number of ether oxygens (including phenoxy) is 2. The molecule has 0 bridgehead atoms. The largest absolute Gasteiger partial charge is 0.454 e. The summed E-state index contributed by atoms with van der Waals surface area (Å²) in [5, 5.41) is 0.442. The molecule has 3 aliphatic heterocycles. The first-order valence-corrected chi connectivity index (χ1v) is 8.63. The third-order valence-corrected chi connectivity index (χ3v) is 5.54. The summed E-state index contributed by atoms with van der Waals surface area (Å²) in [5.74, 6) is 1.15. The molecule has 2 atom stereocenters. The SMILES string of the molecule is CN1CCC[C@H]1[C@H]1CCCN1C(=O)c1cc(Cl)c2c(c1)OCO2. The van der Waals surface area contributed by atoms with E-state index in [9.17, 15) is 4.79 Å². The second-order valence-electron chi connectivity index (χ2n) is 6.59. The number of fused-ring (bicyclic) bond motifs is 1. The third kappa shape index (κ3) is 2.56. The van der Waals surface area contributed by atoms with Crippen LogP contribution in [0.1, 0.15) is 36.0 Å². The van der Waals surface area contributed by atoms with Crippen molar-refractivity contribution in [3.63, 3.8) is 0 Å². The van der Waals surface area contributed by atoms with Crippen LogP contribution in [0.2, 0.25) is 5.02 Å². The van der Waals surface area contributed by atoms with E-state index in [1.165, 1.54) is 12.8 Å². The van der Waals surface area contributed by atoms with Gasteiger partial charge in [-0.05, 0) is 51.4 Å². The summed E-state index contributed by atoms with van der Waals surface area (Å²) < 4.78 is 10.7. The first-order chi connectivity index (χ1) is 11.1. The highest BCUT2D eigenvalue weighted by molar-refractivity contribution is 6.32. The molecule has 124 valence electrons. The molecule has 0 aromatic heterocycles. The van der Waals surface area contributed by atoms with E-state index in [0.29, 0.717) is 34.2 Å². The maximum absolute atomic E-state index is 13.0. The van der Waals surface area contributed by atoms with Crippen LogP contribution in [0, 0.1) is 0 Å². The number of rotatable bonds is 2. The Balaban J connectivity index is 1.60. The lowest BCUT2D eigenvalue weighted by atomic mass is 10.0. The Morgan fingerprint density at radius 1 is 1.17 bits per heavy atom. The van der Waals surface area contributed by atoms with E-state index in [2.05, 4.69) is 11.9 Å². The molecule has 1 amide bonds. The molecule has 2 fully saturated rings. The molecular weight excluding hydrogens is 316 g/mol. The number of carbonyl (C=O) groups excluding carboxylic acids is 1. The van der Waals surface area contributed by atoms with Crippen molar-refractivity contribution in [2.24, 2.45) is 0 Å². The van der Waals surface area contributed by atoms with Gasteiger partial charge < -0.3 is 19.3 Å². The Bertz CT molecular complexity index is 637. The van der Waals surface area contributed by atoms with Crippen LogP contribution < -0.4 is 9.47 Å². The minimum Gasteiger partial charge on any atom is -0.454 e. The molecule has 4 rings (SSSR count). The van der Waals surface area contributed by atoms with Gasteiger partial charge in [0.05, 0.1) is 5.02 Å². The predicted octanol–water partition coefficient (Wildman–Crippen LogP) is 2.77. The lowest BCUT2D eigenvalue weighted by molar-refractivity contribution is 0.0664. The van der Waals surface area contributed by atoms with Gasteiger partial charge in [0, 0.05) is 24.2 Å². The van der Waals surface area contributed by atoms with E-state index in [-0.39, 0.29) is 12.7 Å². The zero-order valence-electron chi connectivity index (χ0n) is 13.3. The number of halogens is 1. The average Bonchev–Trinajstić information content (AvgIpc) is 3.25. The monoisotopic (exact) mass is 336 g/mol. The second kappa shape index (κ2) is 5.87. The highest BCUT2D eigenvalue weighted by atomic mass is 35.5. The molecule has 5 nitrogen and oxygen atoms in total. The molecular formula is C17H21ClN2O3. The predicted molar refractivity (Wildman–Crippen MR) is 87.3 cm³/mol. The molecule has 23 heavy (non-hydrogen) atoms. The van der Waals surface area contributed by atoms with Gasteiger partial charge in [0.15, 0.2) is 11.5 Å². The fraction of sp³-hybridized carbons (Fsp3) is 0.588. The maximum atomic E-state index is 13.0. The van der Waals surface area contributed by atoms with Crippen LogP contribution in [-0.4, -0.2) is 54.7 Å². The van der Waals surface area contributed by atoms with Crippen molar-refractivity contribution >= 4 is 17.5 Å².